The average Bonchev–Trinajstić information content (AvgIpc) is 2.50. The Hall–Kier alpha value is -1.32. The van der Waals surface area contributed by atoms with Crippen molar-refractivity contribution in [1.82, 2.24) is 0 Å². The quantitative estimate of drug-likeness (QED) is 0.252. The highest BCUT2D eigenvalue weighted by molar-refractivity contribution is 5.69. The van der Waals surface area contributed by atoms with Crippen molar-refractivity contribution < 1.29 is 19.1 Å². The second-order valence-electron chi connectivity index (χ2n) is 5.49. The molecule has 0 aliphatic carbocycles. The first-order valence-corrected chi connectivity index (χ1v) is 8.62. The van der Waals surface area contributed by atoms with E-state index in [1.807, 2.05) is 0 Å². The number of unbranched alkanes of at least 4 members (excludes halogenated alkanes) is 6. The monoisotopic (exact) mass is 312 g/mol. The Kier molecular flexibility index (Phi) is 15.1. The standard InChI is InChI=1S/C18H32O4/c1-3-5-15-21-17(19)13-11-9-7-8-10-12-14-18(20)22-16-6-4-2/h3H,1,4-16H2,2H3. The van der Waals surface area contributed by atoms with Crippen molar-refractivity contribution in [1.29, 1.82) is 0 Å². The van der Waals surface area contributed by atoms with E-state index >= 15 is 0 Å². The highest BCUT2D eigenvalue weighted by Gasteiger charge is 2.03. The highest BCUT2D eigenvalue weighted by atomic mass is 16.5. The lowest BCUT2D eigenvalue weighted by atomic mass is 10.1. The zero-order chi connectivity index (χ0) is 16.5. The lowest BCUT2D eigenvalue weighted by Gasteiger charge is -2.04. The Balaban J connectivity index is 3.24. The van der Waals surface area contributed by atoms with E-state index in [-0.39, 0.29) is 11.9 Å². The number of rotatable bonds is 15. The molecule has 0 aromatic heterocycles. The summed E-state index contributed by atoms with van der Waals surface area (Å²) in [5.74, 6) is -0.188. The smallest absolute Gasteiger partial charge is 0.305 e. The third-order valence-corrected chi connectivity index (χ3v) is 3.36. The molecule has 128 valence electrons. The van der Waals surface area contributed by atoms with Crippen LogP contribution in [0.25, 0.3) is 0 Å². The third-order valence-electron chi connectivity index (χ3n) is 3.36. The van der Waals surface area contributed by atoms with Crippen molar-refractivity contribution in [2.75, 3.05) is 13.2 Å². The van der Waals surface area contributed by atoms with Crippen molar-refractivity contribution >= 4 is 11.9 Å². The summed E-state index contributed by atoms with van der Waals surface area (Å²) in [7, 11) is 0. The van der Waals surface area contributed by atoms with Gasteiger partial charge in [0, 0.05) is 12.8 Å². The number of hydrogen-bond donors (Lipinski definition) is 0. The van der Waals surface area contributed by atoms with Crippen LogP contribution in [0.4, 0.5) is 0 Å². The molecular weight excluding hydrogens is 280 g/mol. The van der Waals surface area contributed by atoms with Crippen LogP contribution in [0.2, 0.25) is 0 Å². The minimum absolute atomic E-state index is 0.0734. The summed E-state index contributed by atoms with van der Waals surface area (Å²) in [5.41, 5.74) is 0. The maximum absolute atomic E-state index is 11.4. The van der Waals surface area contributed by atoms with Crippen LogP contribution in [0.15, 0.2) is 12.7 Å². The van der Waals surface area contributed by atoms with Gasteiger partial charge in [-0.2, -0.15) is 0 Å². The van der Waals surface area contributed by atoms with Gasteiger partial charge in [-0.05, 0) is 25.7 Å². The minimum atomic E-state index is -0.114. The molecule has 0 rings (SSSR count). The van der Waals surface area contributed by atoms with E-state index in [1.165, 1.54) is 0 Å². The number of ether oxygens (including phenoxy) is 2. The molecule has 0 spiro atoms. The van der Waals surface area contributed by atoms with E-state index < -0.39 is 0 Å². The molecule has 0 aromatic carbocycles. The van der Waals surface area contributed by atoms with Gasteiger partial charge in [-0.25, -0.2) is 0 Å². The van der Waals surface area contributed by atoms with E-state index in [9.17, 15) is 9.59 Å². The molecule has 0 saturated carbocycles. The first-order valence-electron chi connectivity index (χ1n) is 8.62. The first-order chi connectivity index (χ1) is 10.7. The lowest BCUT2D eigenvalue weighted by molar-refractivity contribution is -0.144. The van der Waals surface area contributed by atoms with E-state index in [2.05, 4.69) is 13.5 Å². The summed E-state index contributed by atoms with van der Waals surface area (Å²) in [4.78, 5) is 22.7. The number of carbonyl (C=O) groups is 2. The first kappa shape index (κ1) is 20.7. The van der Waals surface area contributed by atoms with Gasteiger partial charge >= 0.3 is 11.9 Å². The summed E-state index contributed by atoms with van der Waals surface area (Å²) < 4.78 is 10.1. The molecule has 0 N–H and O–H groups in total. The third kappa shape index (κ3) is 15.1. The predicted molar refractivity (Wildman–Crippen MR) is 88.6 cm³/mol. The summed E-state index contributed by atoms with van der Waals surface area (Å²) in [6.45, 7) is 6.65. The molecular formula is C18H32O4. The van der Waals surface area contributed by atoms with Crippen molar-refractivity contribution in [3.05, 3.63) is 12.7 Å². The Morgan fingerprint density at radius 2 is 1.32 bits per heavy atom. The largest absolute Gasteiger partial charge is 0.466 e. The zero-order valence-electron chi connectivity index (χ0n) is 14.1. The summed E-state index contributed by atoms with van der Waals surface area (Å²) >= 11 is 0. The normalized spacial score (nSPS) is 10.2. The minimum Gasteiger partial charge on any atom is -0.466 e. The van der Waals surface area contributed by atoms with Gasteiger partial charge in [0.1, 0.15) is 0 Å². The zero-order valence-corrected chi connectivity index (χ0v) is 14.1. The van der Waals surface area contributed by atoms with Gasteiger partial charge in [0.2, 0.25) is 0 Å². The summed E-state index contributed by atoms with van der Waals surface area (Å²) in [6.07, 6.45) is 11.6. The summed E-state index contributed by atoms with van der Waals surface area (Å²) in [5, 5.41) is 0. The molecule has 0 radical (unpaired) electrons. The molecule has 0 atom stereocenters. The topological polar surface area (TPSA) is 52.6 Å². The van der Waals surface area contributed by atoms with Crippen LogP contribution in [0.1, 0.15) is 77.6 Å². The van der Waals surface area contributed by atoms with Crippen LogP contribution in [0, 0.1) is 0 Å². The second kappa shape index (κ2) is 16.1. The Labute approximate surface area is 135 Å². The van der Waals surface area contributed by atoms with Crippen molar-refractivity contribution in [3.8, 4) is 0 Å². The Morgan fingerprint density at radius 3 is 1.82 bits per heavy atom. The van der Waals surface area contributed by atoms with E-state index in [4.69, 9.17) is 9.47 Å². The van der Waals surface area contributed by atoms with Gasteiger partial charge in [-0.3, -0.25) is 9.59 Å². The molecule has 0 saturated heterocycles. The fourth-order valence-corrected chi connectivity index (χ4v) is 1.98. The molecule has 0 unspecified atom stereocenters. The highest BCUT2D eigenvalue weighted by Crippen LogP contribution is 2.09. The molecule has 0 aliphatic rings. The van der Waals surface area contributed by atoms with Crippen molar-refractivity contribution in [2.24, 2.45) is 0 Å². The molecule has 4 heteroatoms. The molecule has 0 bridgehead atoms. The maximum atomic E-state index is 11.4. The molecule has 0 fully saturated rings. The predicted octanol–water partition coefficient (Wildman–Crippen LogP) is 4.57. The van der Waals surface area contributed by atoms with Crippen LogP contribution in [0.3, 0.4) is 0 Å². The van der Waals surface area contributed by atoms with Crippen LogP contribution < -0.4 is 0 Å². The molecule has 0 aliphatic heterocycles. The average molecular weight is 312 g/mol. The number of carbonyl (C=O) groups excluding carboxylic acids is 2. The maximum Gasteiger partial charge on any atom is 0.305 e. The van der Waals surface area contributed by atoms with Gasteiger partial charge in [-0.1, -0.05) is 45.1 Å². The summed E-state index contributed by atoms with van der Waals surface area (Å²) in [6, 6.07) is 0. The fraction of sp³-hybridized carbons (Fsp3) is 0.778. The molecule has 22 heavy (non-hydrogen) atoms. The van der Waals surface area contributed by atoms with Gasteiger partial charge in [-0.15, -0.1) is 6.58 Å². The van der Waals surface area contributed by atoms with E-state index in [0.29, 0.717) is 32.5 Å². The fourth-order valence-electron chi connectivity index (χ4n) is 1.98. The molecule has 0 aromatic rings. The van der Waals surface area contributed by atoms with Crippen LogP contribution in [-0.2, 0) is 19.1 Å². The van der Waals surface area contributed by atoms with Crippen LogP contribution in [0.5, 0.6) is 0 Å². The Bertz CT molecular complexity index is 299. The van der Waals surface area contributed by atoms with Gasteiger partial charge in [0.15, 0.2) is 0 Å². The molecule has 0 amide bonds. The van der Waals surface area contributed by atoms with Crippen LogP contribution in [-0.4, -0.2) is 25.2 Å². The van der Waals surface area contributed by atoms with E-state index in [1.54, 1.807) is 6.08 Å². The molecule has 0 heterocycles. The number of esters is 2. The van der Waals surface area contributed by atoms with Gasteiger partial charge in [0.05, 0.1) is 13.2 Å². The second-order valence-corrected chi connectivity index (χ2v) is 5.49. The SMILES string of the molecule is C=CCCOC(=O)CCCCCCCCC(=O)OCCCC. The van der Waals surface area contributed by atoms with Crippen LogP contribution >= 0.6 is 0 Å². The van der Waals surface area contributed by atoms with Gasteiger partial charge < -0.3 is 9.47 Å². The van der Waals surface area contributed by atoms with Gasteiger partial charge in [0.25, 0.3) is 0 Å². The van der Waals surface area contributed by atoms with E-state index in [0.717, 1.165) is 51.4 Å². The van der Waals surface area contributed by atoms with Crippen molar-refractivity contribution in [3.63, 3.8) is 0 Å². The van der Waals surface area contributed by atoms with Crippen molar-refractivity contribution in [2.45, 2.75) is 77.6 Å². The number of hydrogen-bond acceptors (Lipinski definition) is 4. The Morgan fingerprint density at radius 1 is 0.818 bits per heavy atom. The lowest BCUT2D eigenvalue weighted by Crippen LogP contribution is -2.05. The molecule has 4 nitrogen and oxygen atoms in total.